The summed E-state index contributed by atoms with van der Waals surface area (Å²) in [7, 11) is 0. The Morgan fingerprint density at radius 1 is 1.26 bits per heavy atom. The van der Waals surface area contributed by atoms with E-state index in [-0.39, 0.29) is 17.3 Å². The van der Waals surface area contributed by atoms with Crippen molar-refractivity contribution in [3.8, 4) is 5.75 Å². The molecule has 0 aromatic heterocycles. The highest BCUT2D eigenvalue weighted by Crippen LogP contribution is 2.26. The lowest BCUT2D eigenvalue weighted by atomic mass is 10.2. The van der Waals surface area contributed by atoms with E-state index in [1.165, 1.54) is 12.1 Å². The van der Waals surface area contributed by atoms with Crippen molar-refractivity contribution in [1.82, 2.24) is 0 Å². The molecule has 0 spiro atoms. The average molecular weight is 278 g/mol. The number of nitrogens with zero attached hydrogens (tertiary/aromatic N) is 1. The molecular formula is C14H12ClNO3. The van der Waals surface area contributed by atoms with Crippen molar-refractivity contribution in [3.05, 3.63) is 68.7 Å². The molecule has 0 saturated heterocycles. The molecule has 0 heterocycles. The van der Waals surface area contributed by atoms with Gasteiger partial charge in [0.25, 0.3) is 5.69 Å². The van der Waals surface area contributed by atoms with Crippen LogP contribution in [0.15, 0.2) is 42.5 Å². The topological polar surface area (TPSA) is 52.4 Å². The fourth-order valence-electron chi connectivity index (χ4n) is 1.67. The van der Waals surface area contributed by atoms with E-state index >= 15 is 0 Å². The lowest BCUT2D eigenvalue weighted by molar-refractivity contribution is -0.384. The minimum absolute atomic E-state index is 0.104. The summed E-state index contributed by atoms with van der Waals surface area (Å²) in [6, 6.07) is 12.3. The van der Waals surface area contributed by atoms with E-state index in [0.29, 0.717) is 5.56 Å². The van der Waals surface area contributed by atoms with Gasteiger partial charge in [-0.05, 0) is 30.2 Å². The van der Waals surface area contributed by atoms with Crippen molar-refractivity contribution in [2.75, 3.05) is 0 Å². The number of benzene rings is 2. The molecule has 98 valence electrons. The first kappa shape index (κ1) is 13.4. The van der Waals surface area contributed by atoms with Gasteiger partial charge in [0.1, 0.15) is 17.4 Å². The van der Waals surface area contributed by atoms with Gasteiger partial charge < -0.3 is 4.74 Å². The summed E-state index contributed by atoms with van der Waals surface area (Å²) in [5.41, 5.74) is 1.62. The van der Waals surface area contributed by atoms with Crippen molar-refractivity contribution >= 4 is 17.3 Å². The van der Waals surface area contributed by atoms with Gasteiger partial charge in [0.2, 0.25) is 0 Å². The van der Waals surface area contributed by atoms with Gasteiger partial charge in [0, 0.05) is 6.07 Å². The van der Waals surface area contributed by atoms with E-state index in [4.69, 9.17) is 16.3 Å². The number of nitro groups is 1. The number of ether oxygens (including phenoxy) is 1. The molecule has 4 nitrogen and oxygen atoms in total. The predicted molar refractivity (Wildman–Crippen MR) is 73.6 cm³/mol. The third-order valence-electron chi connectivity index (χ3n) is 2.70. The van der Waals surface area contributed by atoms with Crippen LogP contribution in [-0.2, 0) is 6.61 Å². The molecule has 0 aliphatic rings. The standard InChI is InChI=1S/C14H12ClNO3/c1-10-4-2-3-5-14(10)19-9-11-6-7-12(15)13(8-11)16(17)18/h2-8H,9H2,1H3. The summed E-state index contributed by atoms with van der Waals surface area (Å²) >= 11 is 5.75. The van der Waals surface area contributed by atoms with E-state index in [9.17, 15) is 10.1 Å². The molecule has 0 amide bonds. The fourth-order valence-corrected chi connectivity index (χ4v) is 1.85. The molecule has 0 unspecified atom stereocenters. The number of rotatable bonds is 4. The first-order chi connectivity index (χ1) is 9.08. The zero-order valence-corrected chi connectivity index (χ0v) is 11.1. The first-order valence-electron chi connectivity index (χ1n) is 5.69. The predicted octanol–water partition coefficient (Wildman–Crippen LogP) is 4.14. The van der Waals surface area contributed by atoms with Gasteiger partial charge in [-0.2, -0.15) is 0 Å². The minimum atomic E-state index is -0.500. The largest absolute Gasteiger partial charge is 0.489 e. The fraction of sp³-hybridized carbons (Fsp3) is 0.143. The molecule has 0 atom stereocenters. The summed E-state index contributed by atoms with van der Waals surface area (Å²) in [5, 5.41) is 10.9. The number of hydrogen-bond acceptors (Lipinski definition) is 3. The van der Waals surface area contributed by atoms with Gasteiger partial charge in [0.05, 0.1) is 4.92 Å². The molecule has 0 aliphatic heterocycles. The Labute approximate surface area is 115 Å². The van der Waals surface area contributed by atoms with Crippen LogP contribution in [-0.4, -0.2) is 4.92 Å². The Balaban J connectivity index is 2.14. The minimum Gasteiger partial charge on any atom is -0.489 e. The highest BCUT2D eigenvalue weighted by Gasteiger charge is 2.12. The summed E-state index contributed by atoms with van der Waals surface area (Å²) in [5.74, 6) is 0.764. The monoisotopic (exact) mass is 277 g/mol. The van der Waals surface area contributed by atoms with Crippen LogP contribution in [0.4, 0.5) is 5.69 Å². The zero-order valence-electron chi connectivity index (χ0n) is 10.3. The van der Waals surface area contributed by atoms with Gasteiger partial charge >= 0.3 is 0 Å². The third kappa shape index (κ3) is 3.23. The maximum Gasteiger partial charge on any atom is 0.288 e. The van der Waals surface area contributed by atoms with E-state index in [2.05, 4.69) is 0 Å². The molecule has 2 aromatic rings. The molecular weight excluding hydrogens is 266 g/mol. The molecule has 0 radical (unpaired) electrons. The van der Waals surface area contributed by atoms with E-state index in [1.54, 1.807) is 6.07 Å². The Morgan fingerprint density at radius 2 is 2.00 bits per heavy atom. The summed E-state index contributed by atoms with van der Waals surface area (Å²) < 4.78 is 5.63. The van der Waals surface area contributed by atoms with Crippen LogP contribution in [0.2, 0.25) is 5.02 Å². The molecule has 0 aliphatic carbocycles. The molecule has 2 rings (SSSR count). The summed E-state index contributed by atoms with van der Waals surface area (Å²) in [6.07, 6.45) is 0. The molecule has 0 bridgehead atoms. The highest BCUT2D eigenvalue weighted by molar-refractivity contribution is 6.32. The normalized spacial score (nSPS) is 10.2. The van der Waals surface area contributed by atoms with Crippen molar-refractivity contribution < 1.29 is 9.66 Å². The molecule has 19 heavy (non-hydrogen) atoms. The quantitative estimate of drug-likeness (QED) is 0.623. The summed E-state index contributed by atoms with van der Waals surface area (Å²) in [4.78, 5) is 10.3. The Kier molecular flexibility index (Phi) is 4.02. The van der Waals surface area contributed by atoms with Gasteiger partial charge in [-0.1, -0.05) is 35.9 Å². The van der Waals surface area contributed by atoms with Gasteiger partial charge in [-0.3, -0.25) is 10.1 Å². The van der Waals surface area contributed by atoms with Gasteiger partial charge in [0.15, 0.2) is 0 Å². The van der Waals surface area contributed by atoms with Crippen LogP contribution < -0.4 is 4.74 Å². The summed E-state index contributed by atoms with van der Waals surface area (Å²) in [6.45, 7) is 2.21. The molecule has 0 N–H and O–H groups in total. The van der Waals surface area contributed by atoms with Crippen molar-refractivity contribution in [2.24, 2.45) is 0 Å². The maximum absolute atomic E-state index is 10.8. The van der Waals surface area contributed by atoms with E-state index < -0.39 is 4.92 Å². The second kappa shape index (κ2) is 5.71. The Bertz CT molecular complexity index is 613. The zero-order chi connectivity index (χ0) is 13.8. The lowest BCUT2D eigenvalue weighted by Gasteiger charge is -2.08. The van der Waals surface area contributed by atoms with Crippen molar-refractivity contribution in [1.29, 1.82) is 0 Å². The average Bonchev–Trinajstić information content (AvgIpc) is 2.39. The van der Waals surface area contributed by atoms with Gasteiger partial charge in [-0.25, -0.2) is 0 Å². The van der Waals surface area contributed by atoms with E-state index in [1.807, 2.05) is 31.2 Å². The second-order valence-corrected chi connectivity index (χ2v) is 4.50. The van der Waals surface area contributed by atoms with Crippen molar-refractivity contribution in [3.63, 3.8) is 0 Å². The van der Waals surface area contributed by atoms with Crippen LogP contribution in [0.25, 0.3) is 0 Å². The molecule has 0 saturated carbocycles. The number of nitro benzene ring substituents is 1. The smallest absolute Gasteiger partial charge is 0.288 e. The molecule has 5 heteroatoms. The number of para-hydroxylation sites is 1. The SMILES string of the molecule is Cc1ccccc1OCc1ccc(Cl)c([N+](=O)[O-])c1. The van der Waals surface area contributed by atoms with Crippen LogP contribution in [0.3, 0.4) is 0 Å². The van der Waals surface area contributed by atoms with Crippen LogP contribution in [0, 0.1) is 17.0 Å². The van der Waals surface area contributed by atoms with Gasteiger partial charge in [-0.15, -0.1) is 0 Å². The second-order valence-electron chi connectivity index (χ2n) is 4.10. The number of halogens is 1. The van der Waals surface area contributed by atoms with E-state index in [0.717, 1.165) is 11.3 Å². The Hall–Kier alpha value is -2.07. The van der Waals surface area contributed by atoms with Crippen LogP contribution in [0.1, 0.15) is 11.1 Å². The third-order valence-corrected chi connectivity index (χ3v) is 3.01. The van der Waals surface area contributed by atoms with Crippen LogP contribution >= 0.6 is 11.6 Å². The Morgan fingerprint density at radius 3 is 2.68 bits per heavy atom. The number of aryl methyl sites for hydroxylation is 1. The number of hydrogen-bond donors (Lipinski definition) is 0. The van der Waals surface area contributed by atoms with Crippen molar-refractivity contribution in [2.45, 2.75) is 13.5 Å². The molecule has 2 aromatic carbocycles. The maximum atomic E-state index is 10.8. The highest BCUT2D eigenvalue weighted by atomic mass is 35.5. The van der Waals surface area contributed by atoms with Crippen LogP contribution in [0.5, 0.6) is 5.75 Å². The molecule has 0 fully saturated rings. The first-order valence-corrected chi connectivity index (χ1v) is 6.07. The lowest BCUT2D eigenvalue weighted by Crippen LogP contribution is -1.98.